The lowest BCUT2D eigenvalue weighted by Gasteiger charge is -2.10. The number of ether oxygens (including phenoxy) is 1. The van der Waals surface area contributed by atoms with Gasteiger partial charge in [0.15, 0.2) is 0 Å². The number of hydrogen-bond donors (Lipinski definition) is 1. The maximum absolute atomic E-state index is 10.9. The number of carbonyl (C=O) groups is 1. The molecule has 0 spiro atoms. The first-order valence-corrected chi connectivity index (χ1v) is 4.64. The van der Waals surface area contributed by atoms with Crippen LogP contribution in [-0.2, 0) is 9.53 Å². The minimum atomic E-state index is -0.582. The highest BCUT2D eigenvalue weighted by atomic mass is 32.2. The molecule has 0 aromatic carbocycles. The zero-order valence-electron chi connectivity index (χ0n) is 6.28. The molecule has 0 aliphatic carbocycles. The quantitative estimate of drug-likeness (QED) is 0.388. The average Bonchev–Trinajstić information content (AvgIpc) is 2.53. The Morgan fingerprint density at radius 3 is 2.45 bits per heavy atom. The van der Waals surface area contributed by atoms with Crippen molar-refractivity contribution in [1.29, 1.82) is 0 Å². The van der Waals surface area contributed by atoms with Crippen LogP contribution in [0.5, 0.6) is 0 Å². The van der Waals surface area contributed by atoms with Crippen LogP contribution < -0.4 is 0 Å². The standard InChI is InChI=1S/C8H10O2S/c1-7(8(9)10-2)11-5-3-4-6-11/h3-6,11H,1H2,2H3. The van der Waals surface area contributed by atoms with Gasteiger partial charge < -0.3 is 4.74 Å². The summed E-state index contributed by atoms with van der Waals surface area (Å²) in [4.78, 5) is 11.5. The van der Waals surface area contributed by atoms with E-state index in [2.05, 4.69) is 11.3 Å². The fraction of sp³-hybridized carbons (Fsp3) is 0.125. The topological polar surface area (TPSA) is 26.3 Å². The molecule has 1 aliphatic heterocycles. The molecule has 0 amide bonds. The van der Waals surface area contributed by atoms with Crippen molar-refractivity contribution >= 4 is 16.9 Å². The zero-order valence-corrected chi connectivity index (χ0v) is 7.17. The van der Waals surface area contributed by atoms with E-state index in [1.54, 1.807) is 0 Å². The van der Waals surface area contributed by atoms with Gasteiger partial charge in [-0.3, -0.25) is 0 Å². The normalized spacial score (nSPS) is 17.0. The van der Waals surface area contributed by atoms with E-state index < -0.39 is 10.9 Å². The van der Waals surface area contributed by atoms with Crippen molar-refractivity contribution in [2.24, 2.45) is 0 Å². The molecule has 0 unspecified atom stereocenters. The van der Waals surface area contributed by atoms with Crippen LogP contribution in [0.2, 0.25) is 0 Å². The molecule has 0 radical (unpaired) electrons. The fourth-order valence-corrected chi connectivity index (χ4v) is 2.07. The predicted molar refractivity (Wildman–Crippen MR) is 48.4 cm³/mol. The van der Waals surface area contributed by atoms with Crippen molar-refractivity contribution in [3.8, 4) is 0 Å². The van der Waals surface area contributed by atoms with E-state index in [0.717, 1.165) is 0 Å². The number of thiol groups is 1. The second-order valence-corrected chi connectivity index (χ2v) is 3.98. The number of methoxy groups -OCH3 is 1. The Morgan fingerprint density at radius 1 is 1.45 bits per heavy atom. The maximum atomic E-state index is 10.9. The summed E-state index contributed by atoms with van der Waals surface area (Å²) < 4.78 is 4.53. The first kappa shape index (κ1) is 8.14. The molecule has 11 heavy (non-hydrogen) atoms. The molecule has 2 nitrogen and oxygen atoms in total. The molecule has 0 atom stereocenters. The molecule has 1 heterocycles. The minimum absolute atomic E-state index is 0.313. The third kappa shape index (κ3) is 1.74. The van der Waals surface area contributed by atoms with Crippen molar-refractivity contribution in [3.63, 3.8) is 0 Å². The number of allylic oxidation sites excluding steroid dienone is 2. The largest absolute Gasteiger partial charge is 0.465 e. The Morgan fingerprint density at radius 2 is 2.00 bits per heavy atom. The Bertz CT molecular complexity index is 228. The van der Waals surface area contributed by atoms with Crippen LogP contribution in [-0.4, -0.2) is 13.1 Å². The molecule has 0 fully saturated rings. The lowest BCUT2D eigenvalue weighted by atomic mass is 10.6. The van der Waals surface area contributed by atoms with Crippen LogP contribution in [0, 0.1) is 0 Å². The highest BCUT2D eigenvalue weighted by molar-refractivity contribution is 8.26. The summed E-state index contributed by atoms with van der Waals surface area (Å²) in [6.07, 6.45) is 3.83. The molecule has 0 saturated carbocycles. The second-order valence-electron chi connectivity index (χ2n) is 2.03. The van der Waals surface area contributed by atoms with E-state index in [0.29, 0.717) is 4.91 Å². The Kier molecular flexibility index (Phi) is 2.54. The fourth-order valence-electron chi connectivity index (χ4n) is 0.738. The summed E-state index contributed by atoms with van der Waals surface area (Å²) in [7, 11) is 0.786. The van der Waals surface area contributed by atoms with Crippen molar-refractivity contribution < 1.29 is 9.53 Å². The summed E-state index contributed by atoms with van der Waals surface area (Å²) in [6.45, 7) is 3.66. The van der Waals surface area contributed by atoms with Crippen molar-refractivity contribution in [2.75, 3.05) is 7.11 Å². The summed E-state index contributed by atoms with van der Waals surface area (Å²) in [5.74, 6) is -0.313. The summed E-state index contributed by atoms with van der Waals surface area (Å²) in [5, 5.41) is 3.93. The number of esters is 1. The zero-order chi connectivity index (χ0) is 8.27. The molecule has 0 aromatic rings. The molecule has 3 heteroatoms. The van der Waals surface area contributed by atoms with Gasteiger partial charge in [-0.2, -0.15) is 10.9 Å². The Labute approximate surface area is 68.6 Å². The molecule has 1 rings (SSSR count). The van der Waals surface area contributed by atoms with Gasteiger partial charge in [0.2, 0.25) is 0 Å². The van der Waals surface area contributed by atoms with Crippen molar-refractivity contribution in [3.05, 3.63) is 34.5 Å². The van der Waals surface area contributed by atoms with Gasteiger partial charge in [0.05, 0.1) is 12.0 Å². The highest BCUT2D eigenvalue weighted by Gasteiger charge is 2.12. The molecular formula is C8H10O2S. The van der Waals surface area contributed by atoms with Gasteiger partial charge in [-0.25, -0.2) is 4.79 Å². The molecule has 0 saturated heterocycles. The molecular weight excluding hydrogens is 160 g/mol. The van der Waals surface area contributed by atoms with Gasteiger partial charge in [-0.15, -0.1) is 0 Å². The molecule has 0 aromatic heterocycles. The Hall–Kier alpha value is -0.960. The average molecular weight is 170 g/mol. The van der Waals surface area contributed by atoms with Crippen LogP contribution in [0.1, 0.15) is 0 Å². The maximum Gasteiger partial charge on any atom is 0.342 e. The van der Waals surface area contributed by atoms with E-state index in [1.807, 2.05) is 23.0 Å². The molecule has 1 aliphatic rings. The lowest BCUT2D eigenvalue weighted by Crippen LogP contribution is -2.01. The minimum Gasteiger partial charge on any atom is -0.465 e. The van der Waals surface area contributed by atoms with Gasteiger partial charge in [0.25, 0.3) is 0 Å². The Balaban J connectivity index is 2.61. The van der Waals surface area contributed by atoms with Gasteiger partial charge in [-0.1, -0.05) is 18.7 Å². The van der Waals surface area contributed by atoms with E-state index >= 15 is 0 Å². The van der Waals surface area contributed by atoms with E-state index in [1.165, 1.54) is 7.11 Å². The summed E-state index contributed by atoms with van der Waals surface area (Å²) in [5.41, 5.74) is 0. The van der Waals surface area contributed by atoms with Gasteiger partial charge in [0.1, 0.15) is 0 Å². The summed E-state index contributed by atoms with van der Waals surface area (Å²) >= 11 is 0. The third-order valence-electron chi connectivity index (χ3n) is 1.34. The van der Waals surface area contributed by atoms with Crippen LogP contribution in [0.25, 0.3) is 0 Å². The van der Waals surface area contributed by atoms with Gasteiger partial charge in [0, 0.05) is 0 Å². The number of rotatable bonds is 2. The van der Waals surface area contributed by atoms with Crippen LogP contribution in [0.15, 0.2) is 34.5 Å². The molecule has 0 bridgehead atoms. The lowest BCUT2D eigenvalue weighted by molar-refractivity contribution is -0.135. The van der Waals surface area contributed by atoms with Crippen LogP contribution in [0.3, 0.4) is 0 Å². The smallest absolute Gasteiger partial charge is 0.342 e. The van der Waals surface area contributed by atoms with Gasteiger partial charge >= 0.3 is 5.97 Å². The van der Waals surface area contributed by atoms with E-state index in [-0.39, 0.29) is 5.97 Å². The van der Waals surface area contributed by atoms with Crippen molar-refractivity contribution in [1.82, 2.24) is 0 Å². The van der Waals surface area contributed by atoms with Crippen molar-refractivity contribution in [2.45, 2.75) is 0 Å². The first-order valence-electron chi connectivity index (χ1n) is 3.16. The molecule has 60 valence electrons. The number of hydrogen-bond acceptors (Lipinski definition) is 2. The van der Waals surface area contributed by atoms with Crippen LogP contribution >= 0.6 is 10.9 Å². The third-order valence-corrected chi connectivity index (χ3v) is 3.13. The van der Waals surface area contributed by atoms with Gasteiger partial charge in [-0.05, 0) is 10.8 Å². The highest BCUT2D eigenvalue weighted by Crippen LogP contribution is 2.40. The number of carbonyl (C=O) groups excluding carboxylic acids is 1. The predicted octanol–water partition coefficient (Wildman–Crippen LogP) is 1.72. The summed E-state index contributed by atoms with van der Waals surface area (Å²) in [6, 6.07) is 0. The van der Waals surface area contributed by atoms with E-state index in [9.17, 15) is 4.79 Å². The van der Waals surface area contributed by atoms with E-state index in [4.69, 9.17) is 0 Å². The second kappa shape index (κ2) is 3.44. The van der Waals surface area contributed by atoms with Crippen LogP contribution in [0.4, 0.5) is 0 Å². The SMILES string of the molecule is C=C(C(=O)OC)[SH]1C=CC=C1. The monoisotopic (exact) mass is 170 g/mol. The molecule has 0 N–H and O–H groups in total. The first-order chi connectivity index (χ1) is 5.25.